The molecule has 1 nitrogen and oxygen atoms in total. The van der Waals surface area contributed by atoms with Gasteiger partial charge in [-0.1, -0.05) is 67.0 Å². The molecule has 0 N–H and O–H groups in total. The lowest BCUT2D eigenvalue weighted by Crippen LogP contribution is -2.47. The molecule has 0 aromatic carbocycles. The Morgan fingerprint density at radius 3 is 1.74 bits per heavy atom. The van der Waals surface area contributed by atoms with Crippen LogP contribution in [0.25, 0.3) is 0 Å². The standard InChI is InChI=1S/C17H37BO/c1-10-17(19-9,11-12(2)3)15(13(4)5)16(18-8)14(6)7/h12-16,18H,10-11H2,1-9H3. The van der Waals surface area contributed by atoms with Crippen molar-refractivity contribution < 1.29 is 4.74 Å². The van der Waals surface area contributed by atoms with E-state index in [9.17, 15) is 0 Å². The van der Waals surface area contributed by atoms with Gasteiger partial charge in [-0.25, -0.2) is 0 Å². The van der Waals surface area contributed by atoms with Crippen molar-refractivity contribution >= 4 is 7.28 Å². The highest BCUT2D eigenvalue weighted by atomic mass is 16.5. The zero-order chi connectivity index (χ0) is 15.2. The van der Waals surface area contributed by atoms with Crippen LogP contribution in [-0.2, 0) is 4.74 Å². The maximum absolute atomic E-state index is 6.15. The van der Waals surface area contributed by atoms with Crippen LogP contribution in [-0.4, -0.2) is 20.0 Å². The Hall–Kier alpha value is 0.0249. The Bertz CT molecular complexity index is 231. The third kappa shape index (κ3) is 4.81. The molecular formula is C17H37BO. The number of methoxy groups -OCH3 is 1. The van der Waals surface area contributed by atoms with E-state index in [1.165, 1.54) is 13.7 Å². The van der Waals surface area contributed by atoms with Crippen molar-refractivity contribution in [2.45, 2.75) is 79.5 Å². The summed E-state index contributed by atoms with van der Waals surface area (Å²) in [7, 11) is 3.18. The number of ether oxygens (including phenoxy) is 1. The predicted octanol–water partition coefficient (Wildman–Crippen LogP) is 5.03. The first-order valence-corrected chi connectivity index (χ1v) is 8.30. The lowest BCUT2D eigenvalue weighted by atomic mass is 9.50. The molecule has 0 fully saturated rings. The molecule has 0 aliphatic heterocycles. The molecule has 0 heterocycles. The normalized spacial score (nSPS) is 18.7. The van der Waals surface area contributed by atoms with E-state index in [4.69, 9.17) is 4.74 Å². The maximum Gasteiger partial charge on any atom is 0.121 e. The van der Waals surface area contributed by atoms with Crippen LogP contribution < -0.4 is 0 Å². The average Bonchev–Trinajstić information content (AvgIpc) is 2.32. The Morgan fingerprint density at radius 1 is 1.00 bits per heavy atom. The van der Waals surface area contributed by atoms with Crippen molar-refractivity contribution in [3.8, 4) is 0 Å². The van der Waals surface area contributed by atoms with E-state index in [-0.39, 0.29) is 5.60 Å². The summed E-state index contributed by atoms with van der Waals surface area (Å²) in [5.74, 6) is 3.48. The van der Waals surface area contributed by atoms with Gasteiger partial charge in [0.15, 0.2) is 0 Å². The molecule has 0 aliphatic carbocycles. The highest BCUT2D eigenvalue weighted by Crippen LogP contribution is 2.45. The molecule has 0 bridgehead atoms. The maximum atomic E-state index is 6.15. The molecule has 19 heavy (non-hydrogen) atoms. The van der Waals surface area contributed by atoms with Gasteiger partial charge in [-0.05, 0) is 30.6 Å². The lowest BCUT2D eigenvalue weighted by Gasteiger charge is -2.47. The SMILES string of the molecule is CBC(C(C)C)C(C(C)C)C(CC)(CC(C)C)OC. The molecule has 0 saturated carbocycles. The molecular weight excluding hydrogens is 231 g/mol. The van der Waals surface area contributed by atoms with Crippen molar-refractivity contribution in [1.82, 2.24) is 0 Å². The molecule has 3 atom stereocenters. The number of rotatable bonds is 9. The summed E-state index contributed by atoms with van der Waals surface area (Å²) in [6.07, 6.45) is 2.29. The summed E-state index contributed by atoms with van der Waals surface area (Å²) < 4.78 is 6.15. The Kier molecular flexibility index (Phi) is 8.35. The van der Waals surface area contributed by atoms with Gasteiger partial charge in [-0.2, -0.15) is 0 Å². The smallest absolute Gasteiger partial charge is 0.121 e. The molecule has 114 valence electrons. The molecule has 0 aromatic heterocycles. The van der Waals surface area contributed by atoms with Crippen LogP contribution in [0.4, 0.5) is 0 Å². The lowest BCUT2D eigenvalue weighted by molar-refractivity contribution is -0.0952. The molecule has 0 radical (unpaired) electrons. The number of hydrogen-bond donors (Lipinski definition) is 0. The van der Waals surface area contributed by atoms with E-state index < -0.39 is 0 Å². The fraction of sp³-hybridized carbons (Fsp3) is 1.00. The van der Waals surface area contributed by atoms with Gasteiger partial charge in [-0.15, -0.1) is 0 Å². The van der Waals surface area contributed by atoms with E-state index in [1.807, 2.05) is 7.11 Å². The fourth-order valence-corrected chi connectivity index (χ4v) is 4.20. The second-order valence-corrected chi connectivity index (χ2v) is 7.31. The molecule has 0 spiro atoms. The van der Waals surface area contributed by atoms with Gasteiger partial charge in [0.05, 0.1) is 5.60 Å². The van der Waals surface area contributed by atoms with Crippen LogP contribution in [0.3, 0.4) is 0 Å². The fourth-order valence-electron chi connectivity index (χ4n) is 4.20. The van der Waals surface area contributed by atoms with Gasteiger partial charge < -0.3 is 4.74 Å². The van der Waals surface area contributed by atoms with Gasteiger partial charge in [0.1, 0.15) is 7.28 Å². The first kappa shape index (κ1) is 19.0. The summed E-state index contributed by atoms with van der Waals surface area (Å²) in [5, 5.41) is 0. The summed E-state index contributed by atoms with van der Waals surface area (Å²) in [6, 6.07) is 0. The molecule has 0 aliphatic rings. The van der Waals surface area contributed by atoms with E-state index in [0.717, 1.165) is 18.2 Å². The highest BCUT2D eigenvalue weighted by molar-refractivity contribution is 6.35. The molecule has 0 saturated heterocycles. The second kappa shape index (κ2) is 8.34. The molecule has 0 aromatic rings. The van der Waals surface area contributed by atoms with Crippen molar-refractivity contribution in [3.63, 3.8) is 0 Å². The van der Waals surface area contributed by atoms with E-state index in [2.05, 4.69) is 55.3 Å². The highest BCUT2D eigenvalue weighted by Gasteiger charge is 2.44. The summed E-state index contributed by atoms with van der Waals surface area (Å²) in [6.45, 7) is 18.8. The van der Waals surface area contributed by atoms with Crippen LogP contribution in [0.15, 0.2) is 0 Å². The monoisotopic (exact) mass is 268 g/mol. The van der Waals surface area contributed by atoms with Gasteiger partial charge in [-0.3, -0.25) is 0 Å². The summed E-state index contributed by atoms with van der Waals surface area (Å²) in [4.78, 5) is 0. The quantitative estimate of drug-likeness (QED) is 0.533. The topological polar surface area (TPSA) is 9.23 Å². The van der Waals surface area contributed by atoms with Crippen molar-refractivity contribution in [2.24, 2.45) is 23.7 Å². The van der Waals surface area contributed by atoms with Crippen molar-refractivity contribution in [3.05, 3.63) is 0 Å². The second-order valence-electron chi connectivity index (χ2n) is 7.31. The van der Waals surface area contributed by atoms with E-state index >= 15 is 0 Å². The predicted molar refractivity (Wildman–Crippen MR) is 89.4 cm³/mol. The van der Waals surface area contributed by atoms with Crippen LogP contribution in [0.1, 0.15) is 61.3 Å². The minimum Gasteiger partial charge on any atom is -0.378 e. The van der Waals surface area contributed by atoms with Gasteiger partial charge >= 0.3 is 0 Å². The zero-order valence-electron chi connectivity index (χ0n) is 14.9. The Labute approximate surface area is 123 Å². The Balaban J connectivity index is 5.50. The van der Waals surface area contributed by atoms with Crippen LogP contribution in [0.2, 0.25) is 12.6 Å². The third-order valence-corrected chi connectivity index (χ3v) is 4.87. The van der Waals surface area contributed by atoms with Crippen molar-refractivity contribution in [1.29, 1.82) is 0 Å². The van der Waals surface area contributed by atoms with Crippen LogP contribution in [0, 0.1) is 23.7 Å². The minimum absolute atomic E-state index is 0.0489. The first-order chi connectivity index (χ1) is 8.75. The van der Waals surface area contributed by atoms with Crippen LogP contribution in [0.5, 0.6) is 0 Å². The van der Waals surface area contributed by atoms with Crippen LogP contribution >= 0.6 is 0 Å². The Morgan fingerprint density at radius 2 is 1.53 bits per heavy atom. The average molecular weight is 268 g/mol. The first-order valence-electron chi connectivity index (χ1n) is 8.30. The van der Waals surface area contributed by atoms with Gasteiger partial charge in [0, 0.05) is 7.11 Å². The van der Waals surface area contributed by atoms with E-state index in [0.29, 0.717) is 17.8 Å². The molecule has 2 heteroatoms. The molecule has 3 unspecified atom stereocenters. The summed E-state index contributed by atoms with van der Waals surface area (Å²) >= 11 is 0. The summed E-state index contributed by atoms with van der Waals surface area (Å²) in [5.41, 5.74) is 0.0489. The van der Waals surface area contributed by atoms with E-state index in [1.54, 1.807) is 0 Å². The van der Waals surface area contributed by atoms with Gasteiger partial charge in [0.25, 0.3) is 0 Å². The minimum atomic E-state index is 0.0489. The number of hydrogen-bond acceptors (Lipinski definition) is 1. The van der Waals surface area contributed by atoms with Gasteiger partial charge in [0.2, 0.25) is 0 Å². The molecule has 0 rings (SSSR count). The molecule has 0 amide bonds. The third-order valence-electron chi connectivity index (χ3n) is 4.87. The van der Waals surface area contributed by atoms with Crippen molar-refractivity contribution in [2.75, 3.05) is 7.11 Å². The zero-order valence-corrected chi connectivity index (χ0v) is 14.9. The largest absolute Gasteiger partial charge is 0.378 e.